The fraction of sp³-hybridized carbons (Fsp3) is 0.0952. The zero-order chi connectivity index (χ0) is 18.8. The smallest absolute Gasteiger partial charge is 0.278 e. The maximum atomic E-state index is 13.1. The number of aromatic nitrogens is 1. The third kappa shape index (κ3) is 3.39. The van der Waals surface area contributed by atoms with E-state index in [-0.39, 0.29) is 18.4 Å². The number of nitrogens with one attached hydrogen (secondary N) is 1. The van der Waals surface area contributed by atoms with Crippen LogP contribution in [-0.4, -0.2) is 21.7 Å². The van der Waals surface area contributed by atoms with E-state index < -0.39 is 0 Å². The van der Waals surface area contributed by atoms with Crippen LogP contribution in [0.5, 0.6) is 0 Å². The number of nitrogens with zero attached hydrogens (tertiary/aromatic N) is 2. The van der Waals surface area contributed by atoms with Gasteiger partial charge in [-0.05, 0) is 47.7 Å². The third-order valence-electron chi connectivity index (χ3n) is 4.29. The first-order valence-electron chi connectivity index (χ1n) is 8.50. The number of thiophene rings is 1. The molecule has 6 heteroatoms. The molecule has 0 atom stereocenters. The summed E-state index contributed by atoms with van der Waals surface area (Å²) < 4.78 is 0. The van der Waals surface area contributed by atoms with E-state index in [1.165, 1.54) is 16.2 Å². The molecule has 0 saturated carbocycles. The van der Waals surface area contributed by atoms with E-state index in [2.05, 4.69) is 10.3 Å². The van der Waals surface area contributed by atoms with Crippen molar-refractivity contribution >= 4 is 34.4 Å². The molecule has 0 radical (unpaired) electrons. The third-order valence-corrected chi connectivity index (χ3v) is 5.17. The number of hydrogen-bond acceptors (Lipinski definition) is 5. The van der Waals surface area contributed by atoms with Crippen LogP contribution in [0.15, 0.2) is 72.0 Å². The van der Waals surface area contributed by atoms with Crippen LogP contribution >= 0.6 is 11.3 Å². The topological polar surface area (TPSA) is 62.3 Å². The van der Waals surface area contributed by atoms with E-state index in [1.807, 2.05) is 54.8 Å². The Morgan fingerprint density at radius 2 is 1.96 bits per heavy atom. The predicted molar refractivity (Wildman–Crippen MR) is 106 cm³/mol. The normalized spacial score (nSPS) is 14.2. The van der Waals surface area contributed by atoms with Crippen molar-refractivity contribution in [1.82, 2.24) is 9.88 Å². The van der Waals surface area contributed by atoms with Gasteiger partial charge in [-0.15, -0.1) is 11.3 Å². The second kappa shape index (κ2) is 7.17. The van der Waals surface area contributed by atoms with Crippen molar-refractivity contribution in [3.8, 4) is 0 Å². The van der Waals surface area contributed by atoms with Gasteiger partial charge in [0.15, 0.2) is 0 Å². The molecule has 0 aliphatic carbocycles. The van der Waals surface area contributed by atoms with E-state index in [0.29, 0.717) is 11.3 Å². The molecular formula is C21H17N3O2S. The highest BCUT2D eigenvalue weighted by Crippen LogP contribution is 2.33. The summed E-state index contributed by atoms with van der Waals surface area (Å²) in [5, 5.41) is 5.07. The number of amides is 2. The molecule has 4 rings (SSSR count). The van der Waals surface area contributed by atoms with Crippen molar-refractivity contribution in [1.29, 1.82) is 0 Å². The number of carbonyl (C=O) groups excluding carboxylic acids is 2. The molecule has 2 aromatic heterocycles. The maximum Gasteiger partial charge on any atom is 0.278 e. The van der Waals surface area contributed by atoms with E-state index in [0.717, 1.165) is 21.7 Å². The van der Waals surface area contributed by atoms with Crippen molar-refractivity contribution in [2.24, 2.45) is 0 Å². The minimum atomic E-state index is -0.325. The summed E-state index contributed by atoms with van der Waals surface area (Å²) >= 11 is 1.44. The van der Waals surface area contributed by atoms with Crippen LogP contribution in [0.2, 0.25) is 0 Å². The average Bonchev–Trinajstić information content (AvgIpc) is 3.26. The molecule has 1 N–H and O–H groups in total. The Balaban J connectivity index is 1.72. The fourth-order valence-corrected chi connectivity index (χ4v) is 3.79. The van der Waals surface area contributed by atoms with Crippen molar-refractivity contribution in [2.45, 2.75) is 13.5 Å². The molecule has 1 aliphatic heterocycles. The van der Waals surface area contributed by atoms with Gasteiger partial charge >= 0.3 is 0 Å². The summed E-state index contributed by atoms with van der Waals surface area (Å²) in [7, 11) is 0. The van der Waals surface area contributed by atoms with Crippen molar-refractivity contribution in [3.63, 3.8) is 0 Å². The number of imide groups is 1. The average molecular weight is 375 g/mol. The minimum absolute atomic E-state index is 0.194. The van der Waals surface area contributed by atoms with Crippen LogP contribution in [0.25, 0.3) is 5.57 Å². The number of rotatable bonds is 5. The highest BCUT2D eigenvalue weighted by atomic mass is 32.1. The first-order chi connectivity index (χ1) is 13.1. The van der Waals surface area contributed by atoms with Crippen molar-refractivity contribution in [2.75, 3.05) is 5.32 Å². The Morgan fingerprint density at radius 1 is 1.07 bits per heavy atom. The summed E-state index contributed by atoms with van der Waals surface area (Å²) in [6, 6.07) is 15.1. The molecule has 1 aromatic carbocycles. The quantitative estimate of drug-likeness (QED) is 0.688. The monoisotopic (exact) mass is 375 g/mol. The lowest BCUT2D eigenvalue weighted by Gasteiger charge is -2.15. The second-order valence-corrected chi connectivity index (χ2v) is 7.23. The van der Waals surface area contributed by atoms with Crippen LogP contribution in [0.4, 0.5) is 5.69 Å². The first-order valence-corrected chi connectivity index (χ1v) is 9.38. The van der Waals surface area contributed by atoms with Gasteiger partial charge in [-0.3, -0.25) is 19.5 Å². The van der Waals surface area contributed by atoms with Crippen LogP contribution in [-0.2, 0) is 16.1 Å². The second-order valence-electron chi connectivity index (χ2n) is 6.28. The molecule has 3 aromatic rings. The Labute approximate surface area is 161 Å². The molecule has 0 fully saturated rings. The van der Waals surface area contributed by atoms with Crippen molar-refractivity contribution in [3.05, 3.63) is 88.0 Å². The van der Waals surface area contributed by atoms with Gasteiger partial charge in [0.1, 0.15) is 5.70 Å². The molecule has 3 heterocycles. The molecule has 27 heavy (non-hydrogen) atoms. The molecule has 2 amide bonds. The van der Waals surface area contributed by atoms with Gasteiger partial charge in [-0.1, -0.05) is 24.3 Å². The van der Waals surface area contributed by atoms with Gasteiger partial charge < -0.3 is 5.32 Å². The molecule has 5 nitrogen and oxygen atoms in total. The molecular weight excluding hydrogens is 358 g/mol. The summed E-state index contributed by atoms with van der Waals surface area (Å²) in [6.45, 7) is 2.18. The van der Waals surface area contributed by atoms with E-state index in [1.54, 1.807) is 18.5 Å². The van der Waals surface area contributed by atoms with E-state index in [9.17, 15) is 9.59 Å². The predicted octanol–water partition coefficient (Wildman–Crippen LogP) is 3.84. The summed E-state index contributed by atoms with van der Waals surface area (Å²) in [6.07, 6.45) is 3.33. The summed E-state index contributed by atoms with van der Waals surface area (Å²) in [4.78, 5) is 32.3. The van der Waals surface area contributed by atoms with Crippen LogP contribution < -0.4 is 5.32 Å². The van der Waals surface area contributed by atoms with Crippen molar-refractivity contribution < 1.29 is 9.59 Å². The Morgan fingerprint density at radius 3 is 2.67 bits per heavy atom. The SMILES string of the molecule is Cc1cccc(NC2=C(c3cccs3)C(=O)N(Cc3cccnc3)C2=O)c1. The van der Waals surface area contributed by atoms with Crippen LogP contribution in [0.1, 0.15) is 16.0 Å². The van der Waals surface area contributed by atoms with Gasteiger partial charge in [0, 0.05) is 23.0 Å². The Hall–Kier alpha value is -3.25. The molecule has 134 valence electrons. The lowest BCUT2D eigenvalue weighted by atomic mass is 10.1. The Bertz CT molecular complexity index is 1030. The summed E-state index contributed by atoms with van der Waals surface area (Å²) in [5.74, 6) is -0.616. The van der Waals surface area contributed by atoms with Gasteiger partial charge in [0.05, 0.1) is 12.1 Å². The van der Waals surface area contributed by atoms with Crippen LogP contribution in [0, 0.1) is 6.92 Å². The number of carbonyl (C=O) groups is 2. The van der Waals surface area contributed by atoms with Gasteiger partial charge in [-0.25, -0.2) is 0 Å². The highest BCUT2D eigenvalue weighted by Gasteiger charge is 2.39. The minimum Gasteiger partial charge on any atom is -0.350 e. The van der Waals surface area contributed by atoms with E-state index in [4.69, 9.17) is 0 Å². The zero-order valence-electron chi connectivity index (χ0n) is 14.7. The molecule has 0 unspecified atom stereocenters. The number of hydrogen-bond donors (Lipinski definition) is 1. The fourth-order valence-electron chi connectivity index (χ4n) is 3.03. The lowest BCUT2D eigenvalue weighted by molar-refractivity contribution is -0.137. The number of aryl methyl sites for hydroxylation is 1. The number of anilines is 1. The molecule has 0 bridgehead atoms. The van der Waals surface area contributed by atoms with Crippen LogP contribution in [0.3, 0.4) is 0 Å². The molecule has 0 spiro atoms. The highest BCUT2D eigenvalue weighted by molar-refractivity contribution is 7.11. The zero-order valence-corrected chi connectivity index (χ0v) is 15.5. The summed E-state index contributed by atoms with van der Waals surface area (Å²) in [5.41, 5.74) is 3.39. The first kappa shape index (κ1) is 17.2. The molecule has 0 saturated heterocycles. The van der Waals surface area contributed by atoms with E-state index >= 15 is 0 Å². The van der Waals surface area contributed by atoms with Gasteiger partial charge in [-0.2, -0.15) is 0 Å². The lowest BCUT2D eigenvalue weighted by Crippen LogP contribution is -2.32. The molecule has 1 aliphatic rings. The standard InChI is InChI=1S/C21H17N3O2S/c1-14-5-2-7-16(11-14)23-19-18(17-8-4-10-27-17)20(25)24(21(19)26)13-15-6-3-9-22-12-15/h2-12,23H,13H2,1H3. The maximum absolute atomic E-state index is 13.1. The largest absolute Gasteiger partial charge is 0.350 e. The van der Waals surface area contributed by atoms with Gasteiger partial charge in [0.25, 0.3) is 11.8 Å². The Kier molecular flexibility index (Phi) is 4.56. The number of pyridine rings is 1. The van der Waals surface area contributed by atoms with Gasteiger partial charge in [0.2, 0.25) is 0 Å². The number of benzene rings is 1.